The van der Waals surface area contributed by atoms with Gasteiger partial charge in [-0.05, 0) is 83.2 Å². The van der Waals surface area contributed by atoms with Gasteiger partial charge in [0.15, 0.2) is 0 Å². The summed E-state index contributed by atoms with van der Waals surface area (Å²) in [6, 6.07) is 5.03. The van der Waals surface area contributed by atoms with E-state index in [9.17, 15) is 19.5 Å². The highest BCUT2D eigenvalue weighted by Crippen LogP contribution is 2.36. The Morgan fingerprint density at radius 2 is 1.54 bits per heavy atom. The average Bonchev–Trinajstić information content (AvgIpc) is 2.71. The van der Waals surface area contributed by atoms with Crippen LogP contribution in [0.5, 0.6) is 0 Å². The van der Waals surface area contributed by atoms with Gasteiger partial charge in [0.1, 0.15) is 17.0 Å². The number of imide groups is 1. The number of nitrogen functional groups attached to an aromatic ring is 1. The molecule has 3 amide bonds. The van der Waals surface area contributed by atoms with E-state index in [1.54, 1.807) is 72.9 Å². The Kier molecular flexibility index (Phi) is 7.29. The van der Waals surface area contributed by atoms with Crippen molar-refractivity contribution in [1.82, 2.24) is 9.97 Å². The summed E-state index contributed by atoms with van der Waals surface area (Å²) in [5.41, 5.74) is 6.17. The smallest absolute Gasteiger partial charge is 0.424 e. The number of benzene rings is 1. The SMILES string of the molecule is Cc1c(-c2cc(NC(=O)O)c3cnc(N)cc3c2)cncc1N(C(=O)OC(C)(C)C)C(=O)OC(C)(C)C. The summed E-state index contributed by atoms with van der Waals surface area (Å²) in [7, 11) is 0. The molecule has 3 rings (SSSR count). The molecule has 1 aromatic carbocycles. The van der Waals surface area contributed by atoms with Gasteiger partial charge in [-0.2, -0.15) is 4.90 Å². The van der Waals surface area contributed by atoms with Crippen molar-refractivity contribution in [2.24, 2.45) is 0 Å². The molecular formula is C26H31N5O6. The van der Waals surface area contributed by atoms with Crippen molar-refractivity contribution in [3.05, 3.63) is 42.4 Å². The lowest BCUT2D eigenvalue weighted by molar-refractivity contribution is 0.0430. The summed E-state index contributed by atoms with van der Waals surface area (Å²) in [5, 5.41) is 12.9. The monoisotopic (exact) mass is 509 g/mol. The molecule has 11 heteroatoms. The van der Waals surface area contributed by atoms with Crippen LogP contribution in [0.3, 0.4) is 0 Å². The average molecular weight is 510 g/mol. The molecule has 0 aliphatic carbocycles. The second-order valence-electron chi connectivity index (χ2n) is 10.4. The third-order valence-corrected chi connectivity index (χ3v) is 4.99. The van der Waals surface area contributed by atoms with Gasteiger partial charge < -0.3 is 20.3 Å². The molecule has 0 aliphatic heterocycles. The third kappa shape index (κ3) is 6.63. The number of fused-ring (bicyclic) bond motifs is 1. The van der Waals surface area contributed by atoms with E-state index in [0.29, 0.717) is 27.5 Å². The molecule has 0 atom stereocenters. The molecular weight excluding hydrogens is 478 g/mol. The number of carbonyl (C=O) groups excluding carboxylic acids is 2. The maximum Gasteiger partial charge on any atom is 0.424 e. The minimum absolute atomic E-state index is 0.156. The Hall–Kier alpha value is -4.41. The number of carbonyl (C=O) groups is 3. The molecule has 37 heavy (non-hydrogen) atoms. The van der Waals surface area contributed by atoms with Crippen molar-refractivity contribution in [3.63, 3.8) is 0 Å². The number of aromatic nitrogens is 2. The van der Waals surface area contributed by atoms with E-state index in [1.807, 2.05) is 0 Å². The zero-order chi connectivity index (χ0) is 27.7. The second kappa shape index (κ2) is 9.92. The van der Waals surface area contributed by atoms with E-state index < -0.39 is 29.5 Å². The van der Waals surface area contributed by atoms with Gasteiger partial charge >= 0.3 is 18.3 Å². The third-order valence-electron chi connectivity index (χ3n) is 4.99. The molecule has 0 radical (unpaired) electrons. The minimum atomic E-state index is -1.25. The van der Waals surface area contributed by atoms with E-state index in [1.165, 1.54) is 12.4 Å². The number of nitrogens with one attached hydrogen (secondary N) is 1. The Morgan fingerprint density at radius 1 is 0.946 bits per heavy atom. The van der Waals surface area contributed by atoms with Crippen LogP contribution in [0.1, 0.15) is 47.1 Å². The zero-order valence-corrected chi connectivity index (χ0v) is 21.9. The van der Waals surface area contributed by atoms with E-state index in [4.69, 9.17) is 15.2 Å². The summed E-state index contributed by atoms with van der Waals surface area (Å²) < 4.78 is 11.0. The van der Waals surface area contributed by atoms with Gasteiger partial charge in [0.25, 0.3) is 0 Å². The van der Waals surface area contributed by atoms with Crippen molar-refractivity contribution in [1.29, 1.82) is 0 Å². The van der Waals surface area contributed by atoms with Crippen LogP contribution in [0.4, 0.5) is 31.6 Å². The van der Waals surface area contributed by atoms with Crippen LogP contribution in [0.2, 0.25) is 0 Å². The van der Waals surface area contributed by atoms with E-state index in [-0.39, 0.29) is 17.2 Å². The fraction of sp³-hybridized carbons (Fsp3) is 0.346. The highest BCUT2D eigenvalue weighted by molar-refractivity contribution is 6.11. The van der Waals surface area contributed by atoms with Crippen LogP contribution in [-0.2, 0) is 9.47 Å². The van der Waals surface area contributed by atoms with Crippen molar-refractivity contribution < 1.29 is 29.0 Å². The maximum absolute atomic E-state index is 13.2. The molecule has 4 N–H and O–H groups in total. The molecule has 11 nitrogen and oxygen atoms in total. The van der Waals surface area contributed by atoms with Crippen LogP contribution in [0, 0.1) is 6.92 Å². The molecule has 2 heterocycles. The normalized spacial score (nSPS) is 11.6. The van der Waals surface area contributed by atoms with Crippen molar-refractivity contribution in [2.45, 2.75) is 59.7 Å². The summed E-state index contributed by atoms with van der Waals surface area (Å²) >= 11 is 0. The first-order valence-electron chi connectivity index (χ1n) is 11.5. The number of pyridine rings is 2. The summed E-state index contributed by atoms with van der Waals surface area (Å²) in [6.45, 7) is 11.8. The lowest BCUT2D eigenvalue weighted by atomic mass is 9.97. The predicted octanol–water partition coefficient (Wildman–Crippen LogP) is 5.95. The molecule has 0 saturated heterocycles. The van der Waals surface area contributed by atoms with Crippen LogP contribution in [-0.4, -0.2) is 44.6 Å². The number of carboxylic acid groups (broad SMARTS) is 1. The summed E-state index contributed by atoms with van der Waals surface area (Å²) in [6.07, 6.45) is 1.31. The van der Waals surface area contributed by atoms with Gasteiger partial charge in [0.2, 0.25) is 0 Å². The van der Waals surface area contributed by atoms with E-state index >= 15 is 0 Å². The highest BCUT2D eigenvalue weighted by Gasteiger charge is 2.34. The number of ether oxygens (including phenoxy) is 2. The maximum atomic E-state index is 13.2. The molecule has 3 aromatic rings. The first-order valence-corrected chi connectivity index (χ1v) is 11.5. The Bertz CT molecular complexity index is 1350. The fourth-order valence-corrected chi connectivity index (χ4v) is 3.57. The lowest BCUT2D eigenvalue weighted by Gasteiger charge is -2.29. The minimum Gasteiger partial charge on any atom is -0.465 e. The van der Waals surface area contributed by atoms with Crippen molar-refractivity contribution in [3.8, 4) is 11.1 Å². The lowest BCUT2D eigenvalue weighted by Crippen LogP contribution is -2.44. The van der Waals surface area contributed by atoms with E-state index in [2.05, 4.69) is 15.3 Å². The summed E-state index contributed by atoms with van der Waals surface area (Å²) in [5.74, 6) is 0.260. The van der Waals surface area contributed by atoms with Gasteiger partial charge in [-0.25, -0.2) is 19.4 Å². The zero-order valence-electron chi connectivity index (χ0n) is 21.9. The van der Waals surface area contributed by atoms with Gasteiger partial charge in [0.05, 0.1) is 17.6 Å². The summed E-state index contributed by atoms with van der Waals surface area (Å²) in [4.78, 5) is 46.9. The highest BCUT2D eigenvalue weighted by atomic mass is 16.6. The quantitative estimate of drug-likeness (QED) is 0.388. The Labute approximate surface area is 214 Å². The number of nitrogens with two attached hydrogens (primary N) is 1. The number of anilines is 3. The number of nitrogens with zero attached hydrogens (tertiary/aromatic N) is 3. The first kappa shape index (κ1) is 27.2. The Morgan fingerprint density at radius 3 is 2.08 bits per heavy atom. The van der Waals surface area contributed by atoms with Gasteiger partial charge in [0, 0.05) is 23.3 Å². The van der Waals surface area contributed by atoms with Gasteiger partial charge in [-0.1, -0.05) is 0 Å². The van der Waals surface area contributed by atoms with Crippen LogP contribution in [0.15, 0.2) is 36.8 Å². The molecule has 0 spiro atoms. The van der Waals surface area contributed by atoms with Gasteiger partial charge in [-0.3, -0.25) is 10.3 Å². The molecule has 2 aromatic heterocycles. The number of hydrogen-bond acceptors (Lipinski definition) is 8. The van der Waals surface area contributed by atoms with Crippen LogP contribution >= 0.6 is 0 Å². The van der Waals surface area contributed by atoms with Crippen molar-refractivity contribution >= 4 is 46.2 Å². The molecule has 0 aliphatic rings. The first-order chi connectivity index (χ1) is 17.1. The topological polar surface area (TPSA) is 157 Å². The molecule has 0 fully saturated rings. The predicted molar refractivity (Wildman–Crippen MR) is 141 cm³/mol. The molecule has 0 unspecified atom stereocenters. The van der Waals surface area contributed by atoms with Crippen LogP contribution < -0.4 is 16.0 Å². The van der Waals surface area contributed by atoms with E-state index in [0.717, 1.165) is 4.90 Å². The van der Waals surface area contributed by atoms with Crippen molar-refractivity contribution in [2.75, 3.05) is 16.0 Å². The standard InChI is InChI=1S/C26H31N5O6/c1-14-17(15-8-16-10-21(27)29-12-18(16)19(9-15)30-22(32)33)11-28-13-20(14)31(23(34)36-25(2,3)4)24(35)37-26(5,6)7/h8-13,30H,1-7H3,(H2,27,29)(H,32,33). The second-order valence-corrected chi connectivity index (χ2v) is 10.4. The van der Waals surface area contributed by atoms with Crippen LogP contribution in [0.25, 0.3) is 21.9 Å². The van der Waals surface area contributed by atoms with Gasteiger partial charge in [-0.15, -0.1) is 0 Å². The number of hydrogen-bond donors (Lipinski definition) is 3. The Balaban J connectivity index is 2.20. The molecule has 196 valence electrons. The number of amides is 3. The largest absolute Gasteiger partial charge is 0.465 e. The number of rotatable bonds is 3. The fourth-order valence-electron chi connectivity index (χ4n) is 3.57. The molecule has 0 saturated carbocycles. The molecule has 0 bridgehead atoms.